The first kappa shape index (κ1) is 22.0. The van der Waals surface area contributed by atoms with Gasteiger partial charge in [0.25, 0.3) is 5.91 Å². The molecule has 32 heavy (non-hydrogen) atoms. The molecule has 1 atom stereocenters. The minimum absolute atomic E-state index is 0.163. The van der Waals surface area contributed by atoms with Crippen molar-refractivity contribution in [2.75, 3.05) is 20.2 Å². The molecular weight excluding hydrogens is 404 g/mol. The number of nitrogens with one attached hydrogen (secondary N) is 1. The van der Waals surface area contributed by atoms with Crippen LogP contribution in [0.2, 0.25) is 0 Å². The third kappa shape index (κ3) is 4.50. The summed E-state index contributed by atoms with van der Waals surface area (Å²) >= 11 is 0. The van der Waals surface area contributed by atoms with Gasteiger partial charge < -0.3 is 14.6 Å². The van der Waals surface area contributed by atoms with E-state index in [9.17, 15) is 4.79 Å². The van der Waals surface area contributed by atoms with Gasteiger partial charge in [0.2, 0.25) is 0 Å². The van der Waals surface area contributed by atoms with E-state index in [2.05, 4.69) is 55.9 Å². The number of hydrogen-bond acceptors (Lipinski definition) is 6. The molecule has 0 saturated heterocycles. The van der Waals surface area contributed by atoms with Crippen LogP contribution in [0.15, 0.2) is 36.7 Å². The number of carbonyl (C=O) groups excluding carboxylic acids is 1. The van der Waals surface area contributed by atoms with Crippen molar-refractivity contribution in [1.82, 2.24) is 30.0 Å². The van der Waals surface area contributed by atoms with Gasteiger partial charge in [0.05, 0.1) is 18.7 Å². The second-order valence-electron chi connectivity index (χ2n) is 8.27. The van der Waals surface area contributed by atoms with Crippen molar-refractivity contribution in [3.05, 3.63) is 70.6 Å². The molecule has 0 aliphatic carbocycles. The summed E-state index contributed by atoms with van der Waals surface area (Å²) in [6, 6.07) is 7.47. The van der Waals surface area contributed by atoms with Gasteiger partial charge in [0.15, 0.2) is 5.82 Å². The lowest BCUT2D eigenvalue weighted by molar-refractivity contribution is 0.0937. The number of nitrogens with zero attached hydrogens (tertiary/aromatic N) is 5. The number of methoxy groups -OCH3 is 1. The molecule has 1 aromatic carbocycles. The first-order valence-electron chi connectivity index (χ1n) is 11.0. The number of pyridine rings is 1. The van der Waals surface area contributed by atoms with Gasteiger partial charge in [-0.05, 0) is 55.7 Å². The van der Waals surface area contributed by atoms with Crippen molar-refractivity contribution in [2.45, 2.75) is 46.3 Å². The van der Waals surface area contributed by atoms with Gasteiger partial charge in [-0.15, -0.1) is 10.2 Å². The van der Waals surface area contributed by atoms with Crippen LogP contribution >= 0.6 is 0 Å². The van der Waals surface area contributed by atoms with Crippen LogP contribution in [0, 0.1) is 13.8 Å². The summed E-state index contributed by atoms with van der Waals surface area (Å²) in [5.41, 5.74) is 4.32. The summed E-state index contributed by atoms with van der Waals surface area (Å²) in [5.74, 6) is 2.52. The summed E-state index contributed by atoms with van der Waals surface area (Å²) in [4.78, 5) is 19.0. The van der Waals surface area contributed by atoms with Crippen molar-refractivity contribution in [2.24, 2.45) is 0 Å². The van der Waals surface area contributed by atoms with Crippen LogP contribution in [-0.2, 0) is 19.5 Å². The quantitative estimate of drug-likeness (QED) is 0.642. The van der Waals surface area contributed by atoms with E-state index in [1.807, 2.05) is 6.92 Å². The Morgan fingerprint density at radius 3 is 2.75 bits per heavy atom. The number of amides is 1. The maximum Gasteiger partial charge on any atom is 0.253 e. The van der Waals surface area contributed by atoms with Gasteiger partial charge in [0, 0.05) is 45.0 Å². The van der Waals surface area contributed by atoms with Crippen LogP contribution < -0.4 is 10.1 Å². The minimum Gasteiger partial charge on any atom is -0.496 e. The summed E-state index contributed by atoms with van der Waals surface area (Å²) in [6.07, 6.45) is 4.04. The zero-order valence-electron chi connectivity index (χ0n) is 19.1. The summed E-state index contributed by atoms with van der Waals surface area (Å²) in [6.45, 7) is 9.69. The zero-order chi connectivity index (χ0) is 22.7. The SMILES string of the molecule is COc1ccc(CN2CCc3nnc([C@@H](C)NC(=O)c4cccnc4)n3CC2)c(C)c1C. The Bertz CT molecular complexity index is 1100. The minimum atomic E-state index is -0.248. The van der Waals surface area contributed by atoms with Gasteiger partial charge in [-0.1, -0.05) is 6.07 Å². The van der Waals surface area contributed by atoms with E-state index in [0.29, 0.717) is 5.56 Å². The Kier molecular flexibility index (Phi) is 6.50. The molecule has 8 nitrogen and oxygen atoms in total. The molecule has 1 aliphatic rings. The molecule has 0 spiro atoms. The lowest BCUT2D eigenvalue weighted by Crippen LogP contribution is -2.30. The van der Waals surface area contributed by atoms with E-state index < -0.39 is 0 Å². The Morgan fingerprint density at radius 1 is 1.16 bits per heavy atom. The van der Waals surface area contributed by atoms with Crippen LogP contribution in [0.4, 0.5) is 0 Å². The van der Waals surface area contributed by atoms with E-state index in [-0.39, 0.29) is 11.9 Å². The predicted molar refractivity (Wildman–Crippen MR) is 122 cm³/mol. The third-order valence-electron chi connectivity index (χ3n) is 6.27. The van der Waals surface area contributed by atoms with Gasteiger partial charge in [-0.2, -0.15) is 0 Å². The van der Waals surface area contributed by atoms with Gasteiger partial charge >= 0.3 is 0 Å². The first-order valence-corrected chi connectivity index (χ1v) is 11.0. The summed E-state index contributed by atoms with van der Waals surface area (Å²) in [7, 11) is 1.71. The molecule has 3 aromatic rings. The van der Waals surface area contributed by atoms with E-state index in [4.69, 9.17) is 4.74 Å². The van der Waals surface area contributed by atoms with Crippen LogP contribution in [-0.4, -0.2) is 50.8 Å². The van der Waals surface area contributed by atoms with Crippen molar-refractivity contribution in [1.29, 1.82) is 0 Å². The molecule has 1 N–H and O–H groups in total. The average Bonchev–Trinajstić information content (AvgIpc) is 3.12. The zero-order valence-corrected chi connectivity index (χ0v) is 19.1. The molecule has 0 bridgehead atoms. The topological polar surface area (TPSA) is 85.2 Å². The van der Waals surface area contributed by atoms with Crippen molar-refractivity contribution < 1.29 is 9.53 Å². The normalized spacial score (nSPS) is 15.0. The fourth-order valence-electron chi connectivity index (χ4n) is 4.19. The number of ether oxygens (including phenoxy) is 1. The van der Waals surface area contributed by atoms with E-state index in [0.717, 1.165) is 50.0 Å². The molecule has 8 heteroatoms. The molecule has 4 rings (SSSR count). The van der Waals surface area contributed by atoms with Crippen molar-refractivity contribution >= 4 is 5.91 Å². The van der Waals surface area contributed by atoms with E-state index in [1.165, 1.54) is 16.7 Å². The molecule has 2 aromatic heterocycles. The number of fused-ring (bicyclic) bond motifs is 1. The second kappa shape index (κ2) is 9.48. The fourth-order valence-corrected chi connectivity index (χ4v) is 4.19. The smallest absolute Gasteiger partial charge is 0.253 e. The molecule has 0 unspecified atom stereocenters. The number of aromatic nitrogens is 4. The summed E-state index contributed by atoms with van der Waals surface area (Å²) < 4.78 is 7.60. The van der Waals surface area contributed by atoms with E-state index >= 15 is 0 Å². The number of benzene rings is 1. The first-order chi connectivity index (χ1) is 15.5. The van der Waals surface area contributed by atoms with Crippen LogP contribution in [0.5, 0.6) is 5.75 Å². The van der Waals surface area contributed by atoms with E-state index in [1.54, 1.807) is 31.6 Å². The third-order valence-corrected chi connectivity index (χ3v) is 6.27. The van der Waals surface area contributed by atoms with Crippen LogP contribution in [0.25, 0.3) is 0 Å². The monoisotopic (exact) mass is 434 g/mol. The number of hydrogen-bond donors (Lipinski definition) is 1. The molecular formula is C24H30N6O2. The maximum absolute atomic E-state index is 12.5. The lowest BCUT2D eigenvalue weighted by Gasteiger charge is -2.22. The fraction of sp³-hybridized carbons (Fsp3) is 0.417. The molecule has 3 heterocycles. The highest BCUT2D eigenvalue weighted by atomic mass is 16.5. The molecule has 0 radical (unpaired) electrons. The highest BCUT2D eigenvalue weighted by Crippen LogP contribution is 2.25. The molecule has 0 saturated carbocycles. The standard InChI is InChI=1S/C24H30N6O2/c1-16-17(2)21(32-4)8-7-20(16)15-29-11-9-22-27-28-23(30(22)13-12-29)18(3)26-24(31)19-6-5-10-25-14-19/h5-8,10,14,18H,9,11-13,15H2,1-4H3,(H,26,31)/t18-/m1/s1. The highest BCUT2D eigenvalue weighted by molar-refractivity contribution is 5.94. The Balaban J connectivity index is 1.43. The van der Waals surface area contributed by atoms with Gasteiger partial charge in [0.1, 0.15) is 11.6 Å². The molecule has 1 amide bonds. The molecule has 1 aliphatic heterocycles. The number of carbonyl (C=O) groups is 1. The highest BCUT2D eigenvalue weighted by Gasteiger charge is 2.23. The largest absolute Gasteiger partial charge is 0.496 e. The van der Waals surface area contributed by atoms with Crippen molar-refractivity contribution in [3.63, 3.8) is 0 Å². The van der Waals surface area contributed by atoms with Gasteiger partial charge in [-0.25, -0.2) is 0 Å². The Labute approximate surface area is 188 Å². The van der Waals surface area contributed by atoms with Crippen LogP contribution in [0.1, 0.15) is 51.7 Å². The summed E-state index contributed by atoms with van der Waals surface area (Å²) in [5, 5.41) is 11.8. The second-order valence-corrected chi connectivity index (χ2v) is 8.27. The Morgan fingerprint density at radius 2 is 2.00 bits per heavy atom. The van der Waals surface area contributed by atoms with Crippen LogP contribution in [0.3, 0.4) is 0 Å². The van der Waals surface area contributed by atoms with Gasteiger partial charge in [-0.3, -0.25) is 14.7 Å². The maximum atomic E-state index is 12.5. The lowest BCUT2D eigenvalue weighted by atomic mass is 10.0. The average molecular weight is 435 g/mol. The molecule has 0 fully saturated rings. The number of rotatable bonds is 6. The predicted octanol–water partition coefficient (Wildman–Crippen LogP) is 2.85. The van der Waals surface area contributed by atoms with Crippen molar-refractivity contribution in [3.8, 4) is 5.75 Å². The molecule has 168 valence electrons. The Hall–Kier alpha value is -3.26.